The van der Waals surface area contributed by atoms with E-state index < -0.39 is 0 Å². The normalized spacial score (nSPS) is 14.2. The first kappa shape index (κ1) is 24.8. The van der Waals surface area contributed by atoms with Gasteiger partial charge in [0.05, 0.1) is 19.1 Å². The molecule has 9 nitrogen and oxygen atoms in total. The van der Waals surface area contributed by atoms with Crippen LogP contribution in [0.3, 0.4) is 0 Å². The lowest BCUT2D eigenvalue weighted by Gasteiger charge is -2.36. The van der Waals surface area contributed by atoms with E-state index in [0.29, 0.717) is 48.9 Å². The van der Waals surface area contributed by atoms with E-state index in [4.69, 9.17) is 9.47 Å². The van der Waals surface area contributed by atoms with Crippen LogP contribution in [0.1, 0.15) is 28.9 Å². The fourth-order valence-corrected chi connectivity index (χ4v) is 4.37. The number of rotatable bonds is 8. The fourth-order valence-electron chi connectivity index (χ4n) is 4.37. The number of nitro benzene ring substituents is 1. The summed E-state index contributed by atoms with van der Waals surface area (Å²) in [5.41, 5.74) is 2.96. The van der Waals surface area contributed by atoms with Crippen molar-refractivity contribution in [3.63, 3.8) is 0 Å². The number of nitrogens with one attached hydrogen (secondary N) is 1. The zero-order valence-electron chi connectivity index (χ0n) is 20.6. The van der Waals surface area contributed by atoms with Crippen molar-refractivity contribution in [1.29, 1.82) is 0 Å². The Kier molecular flexibility index (Phi) is 7.58. The van der Waals surface area contributed by atoms with Crippen LogP contribution in [0, 0.1) is 10.1 Å². The number of methoxy groups -OCH3 is 2. The third-order valence-corrected chi connectivity index (χ3v) is 6.41. The highest BCUT2D eigenvalue weighted by atomic mass is 16.6. The largest absolute Gasteiger partial charge is 0.493 e. The van der Waals surface area contributed by atoms with E-state index in [1.165, 1.54) is 6.07 Å². The van der Waals surface area contributed by atoms with Crippen LogP contribution in [0.5, 0.6) is 11.5 Å². The van der Waals surface area contributed by atoms with Crippen LogP contribution in [0.15, 0.2) is 66.7 Å². The summed E-state index contributed by atoms with van der Waals surface area (Å²) in [6, 6.07) is 20.0. The van der Waals surface area contributed by atoms with Gasteiger partial charge in [-0.15, -0.1) is 0 Å². The summed E-state index contributed by atoms with van der Waals surface area (Å²) in [5, 5.41) is 15.0. The predicted molar refractivity (Wildman–Crippen MR) is 139 cm³/mol. The molecule has 0 spiro atoms. The summed E-state index contributed by atoms with van der Waals surface area (Å²) in [5.74, 6) is 1.01. The summed E-state index contributed by atoms with van der Waals surface area (Å²) < 4.78 is 10.6. The zero-order chi connectivity index (χ0) is 25.7. The maximum Gasteiger partial charge on any atom is 0.292 e. The van der Waals surface area contributed by atoms with Gasteiger partial charge >= 0.3 is 0 Å². The monoisotopic (exact) mass is 490 g/mol. The van der Waals surface area contributed by atoms with Crippen molar-refractivity contribution in [2.24, 2.45) is 0 Å². The number of ether oxygens (including phenoxy) is 2. The van der Waals surface area contributed by atoms with Gasteiger partial charge < -0.3 is 24.6 Å². The molecule has 1 fully saturated rings. The highest BCUT2D eigenvalue weighted by Gasteiger charge is 2.25. The van der Waals surface area contributed by atoms with E-state index in [2.05, 4.69) is 10.2 Å². The van der Waals surface area contributed by atoms with E-state index in [1.54, 1.807) is 43.4 Å². The first-order valence-corrected chi connectivity index (χ1v) is 11.8. The minimum Gasteiger partial charge on any atom is -0.493 e. The standard InChI is InChI=1S/C27H30N4O5/c1-19(20-7-5-4-6-8-20)28-23-18-22(10-11-24(23)31(33)34)29-13-15-30(16-14-29)27(32)21-9-12-25(35-2)26(17-21)36-3/h4-12,17-19,28H,13-16H2,1-3H3/t19-/m1/s1. The van der Waals surface area contributed by atoms with Crippen molar-refractivity contribution in [1.82, 2.24) is 4.90 Å². The molecule has 0 radical (unpaired) electrons. The number of nitro groups is 1. The van der Waals surface area contributed by atoms with E-state index in [0.717, 1.165) is 11.3 Å². The molecule has 188 valence electrons. The lowest BCUT2D eigenvalue weighted by atomic mass is 10.1. The van der Waals surface area contributed by atoms with Crippen molar-refractivity contribution in [2.45, 2.75) is 13.0 Å². The average molecular weight is 491 g/mol. The molecule has 3 aromatic rings. The molecule has 1 atom stereocenters. The summed E-state index contributed by atoms with van der Waals surface area (Å²) >= 11 is 0. The number of benzene rings is 3. The lowest BCUT2D eigenvalue weighted by molar-refractivity contribution is -0.384. The molecule has 0 aliphatic carbocycles. The van der Waals surface area contributed by atoms with Crippen LogP contribution in [0.2, 0.25) is 0 Å². The van der Waals surface area contributed by atoms with Crippen molar-refractivity contribution in [3.05, 3.63) is 88.0 Å². The van der Waals surface area contributed by atoms with Crippen molar-refractivity contribution < 1.29 is 19.2 Å². The topological polar surface area (TPSA) is 97.2 Å². The average Bonchev–Trinajstić information content (AvgIpc) is 2.92. The number of carbonyl (C=O) groups is 1. The van der Waals surface area contributed by atoms with Gasteiger partial charge in [-0.1, -0.05) is 30.3 Å². The van der Waals surface area contributed by atoms with E-state index in [1.807, 2.05) is 43.3 Å². The van der Waals surface area contributed by atoms with Gasteiger partial charge in [-0.2, -0.15) is 0 Å². The Hall–Kier alpha value is -4.27. The van der Waals surface area contributed by atoms with Crippen LogP contribution in [-0.4, -0.2) is 56.1 Å². The molecule has 1 amide bonds. The second-order valence-corrected chi connectivity index (χ2v) is 8.58. The number of anilines is 2. The molecule has 9 heteroatoms. The van der Waals surface area contributed by atoms with Crippen LogP contribution in [0.4, 0.5) is 17.1 Å². The fraction of sp³-hybridized carbons (Fsp3) is 0.296. The second kappa shape index (κ2) is 11.0. The maximum absolute atomic E-state index is 13.1. The number of hydrogen-bond donors (Lipinski definition) is 1. The Morgan fingerprint density at radius 2 is 1.64 bits per heavy atom. The quantitative estimate of drug-likeness (QED) is 0.360. The third kappa shape index (κ3) is 5.35. The van der Waals surface area contributed by atoms with Gasteiger partial charge in [0.25, 0.3) is 11.6 Å². The molecule has 0 unspecified atom stereocenters. The van der Waals surface area contributed by atoms with Crippen LogP contribution < -0.4 is 19.7 Å². The number of piperazine rings is 1. The van der Waals surface area contributed by atoms with E-state index in [-0.39, 0.29) is 22.6 Å². The van der Waals surface area contributed by atoms with Crippen molar-refractivity contribution >= 4 is 23.0 Å². The molecule has 0 saturated carbocycles. The molecule has 3 aromatic carbocycles. The Labute approximate surface area is 210 Å². The lowest BCUT2D eigenvalue weighted by Crippen LogP contribution is -2.48. The van der Waals surface area contributed by atoms with E-state index in [9.17, 15) is 14.9 Å². The number of hydrogen-bond acceptors (Lipinski definition) is 7. The number of nitrogens with zero attached hydrogens (tertiary/aromatic N) is 3. The molecule has 0 bridgehead atoms. The molecule has 36 heavy (non-hydrogen) atoms. The molecule has 4 rings (SSSR count). The number of amides is 1. The van der Waals surface area contributed by atoms with Gasteiger partial charge in [-0.05, 0) is 42.8 Å². The Bertz CT molecular complexity index is 1230. The molecule has 1 heterocycles. The molecule has 0 aromatic heterocycles. The summed E-state index contributed by atoms with van der Waals surface area (Å²) in [6.07, 6.45) is 0. The summed E-state index contributed by atoms with van der Waals surface area (Å²) in [4.78, 5) is 28.3. The molecular formula is C27H30N4O5. The molecular weight excluding hydrogens is 460 g/mol. The van der Waals surface area contributed by atoms with Gasteiger partial charge in [0.15, 0.2) is 11.5 Å². The van der Waals surface area contributed by atoms with Gasteiger partial charge in [-0.25, -0.2) is 0 Å². The van der Waals surface area contributed by atoms with Crippen LogP contribution in [-0.2, 0) is 0 Å². The van der Waals surface area contributed by atoms with E-state index >= 15 is 0 Å². The molecule has 1 aliphatic heterocycles. The maximum atomic E-state index is 13.1. The first-order chi connectivity index (χ1) is 17.4. The Morgan fingerprint density at radius 1 is 0.944 bits per heavy atom. The second-order valence-electron chi connectivity index (χ2n) is 8.58. The first-order valence-electron chi connectivity index (χ1n) is 11.8. The Balaban J connectivity index is 1.46. The van der Waals surface area contributed by atoms with Gasteiger partial charge in [0.1, 0.15) is 5.69 Å². The smallest absolute Gasteiger partial charge is 0.292 e. The van der Waals surface area contributed by atoms with Gasteiger partial charge in [0.2, 0.25) is 0 Å². The van der Waals surface area contributed by atoms with Gasteiger partial charge in [0, 0.05) is 49.5 Å². The van der Waals surface area contributed by atoms with Gasteiger partial charge in [-0.3, -0.25) is 14.9 Å². The van der Waals surface area contributed by atoms with Crippen LogP contribution >= 0.6 is 0 Å². The number of carbonyl (C=O) groups excluding carboxylic acids is 1. The zero-order valence-corrected chi connectivity index (χ0v) is 20.6. The van der Waals surface area contributed by atoms with Crippen LogP contribution in [0.25, 0.3) is 0 Å². The highest BCUT2D eigenvalue weighted by Crippen LogP contribution is 2.33. The van der Waals surface area contributed by atoms with Crippen molar-refractivity contribution in [2.75, 3.05) is 50.6 Å². The highest BCUT2D eigenvalue weighted by molar-refractivity contribution is 5.95. The third-order valence-electron chi connectivity index (χ3n) is 6.41. The Morgan fingerprint density at radius 3 is 2.28 bits per heavy atom. The molecule has 1 N–H and O–H groups in total. The predicted octanol–water partition coefficient (Wildman–Crippen LogP) is 4.75. The minimum atomic E-state index is -0.371. The van der Waals surface area contributed by atoms with Crippen molar-refractivity contribution in [3.8, 4) is 11.5 Å². The SMILES string of the molecule is COc1ccc(C(=O)N2CCN(c3ccc([N+](=O)[O-])c(N[C@H](C)c4ccccc4)c3)CC2)cc1OC. The molecule has 1 saturated heterocycles. The molecule has 1 aliphatic rings. The summed E-state index contributed by atoms with van der Waals surface area (Å²) in [6.45, 7) is 4.28. The summed E-state index contributed by atoms with van der Waals surface area (Å²) in [7, 11) is 3.10. The minimum absolute atomic E-state index is 0.0313.